The Kier molecular flexibility index (Phi) is 17.6. The smallest absolute Gasteiger partial charge is 0.0700 e. The van der Waals surface area contributed by atoms with Crippen LogP contribution < -0.4 is 5.32 Å². The number of rotatable bonds is 16. The maximum Gasteiger partial charge on any atom is 0.0700 e. The van der Waals surface area contributed by atoms with Crippen molar-refractivity contribution in [3.05, 3.63) is 0 Å². The summed E-state index contributed by atoms with van der Waals surface area (Å²) in [6.45, 7) is 11.9. The fourth-order valence-corrected chi connectivity index (χ4v) is 1.45. The highest BCUT2D eigenvalue weighted by molar-refractivity contribution is 4.48. The predicted octanol–water partition coefficient (Wildman–Crippen LogP) is 1.46. The Bertz CT molecular complexity index is 142. The van der Waals surface area contributed by atoms with Gasteiger partial charge < -0.3 is 24.3 Å². The summed E-state index contributed by atoms with van der Waals surface area (Å²) in [4.78, 5) is 0. The van der Waals surface area contributed by atoms with Gasteiger partial charge in [0.2, 0.25) is 0 Å². The molecule has 0 aromatic rings. The van der Waals surface area contributed by atoms with Crippen LogP contribution in [0.3, 0.4) is 0 Å². The first-order valence-corrected chi connectivity index (χ1v) is 7.43. The van der Waals surface area contributed by atoms with E-state index in [0.717, 1.165) is 52.4 Å². The molecule has 116 valence electrons. The van der Waals surface area contributed by atoms with Crippen molar-refractivity contribution in [2.75, 3.05) is 65.9 Å². The zero-order chi connectivity index (χ0) is 14.0. The van der Waals surface area contributed by atoms with Crippen molar-refractivity contribution in [2.45, 2.75) is 26.7 Å². The minimum absolute atomic E-state index is 0.696. The van der Waals surface area contributed by atoms with Crippen LogP contribution in [0.5, 0.6) is 0 Å². The fraction of sp³-hybridized carbons (Fsp3) is 1.00. The first-order valence-electron chi connectivity index (χ1n) is 7.43. The highest BCUT2D eigenvalue weighted by Gasteiger charge is 1.92. The van der Waals surface area contributed by atoms with E-state index in [1.54, 1.807) is 0 Å². The Labute approximate surface area is 117 Å². The molecule has 0 rings (SSSR count). The van der Waals surface area contributed by atoms with E-state index in [9.17, 15) is 0 Å². The van der Waals surface area contributed by atoms with Crippen LogP contribution in [0.2, 0.25) is 0 Å². The van der Waals surface area contributed by atoms with Crippen LogP contribution in [-0.2, 0) is 18.9 Å². The largest absolute Gasteiger partial charge is 0.379 e. The maximum absolute atomic E-state index is 5.41. The van der Waals surface area contributed by atoms with Gasteiger partial charge in [-0.3, -0.25) is 0 Å². The second kappa shape index (κ2) is 17.8. The Morgan fingerprint density at radius 3 is 1.42 bits per heavy atom. The van der Waals surface area contributed by atoms with Crippen molar-refractivity contribution in [3.63, 3.8) is 0 Å². The third-order valence-corrected chi connectivity index (χ3v) is 2.44. The quantitative estimate of drug-likeness (QED) is 0.433. The number of hydrogen-bond acceptors (Lipinski definition) is 5. The van der Waals surface area contributed by atoms with Gasteiger partial charge in [-0.05, 0) is 39.8 Å². The van der Waals surface area contributed by atoms with Gasteiger partial charge in [0, 0.05) is 26.4 Å². The summed E-state index contributed by atoms with van der Waals surface area (Å²) >= 11 is 0. The fourth-order valence-electron chi connectivity index (χ4n) is 1.45. The molecule has 19 heavy (non-hydrogen) atoms. The topological polar surface area (TPSA) is 49.0 Å². The number of ether oxygens (including phenoxy) is 4. The molecule has 0 radical (unpaired) electrons. The van der Waals surface area contributed by atoms with Crippen molar-refractivity contribution in [3.8, 4) is 0 Å². The van der Waals surface area contributed by atoms with Gasteiger partial charge in [-0.1, -0.05) is 0 Å². The summed E-state index contributed by atoms with van der Waals surface area (Å²) in [7, 11) is 0. The average Bonchev–Trinajstić information content (AvgIpc) is 2.43. The minimum Gasteiger partial charge on any atom is -0.379 e. The lowest BCUT2D eigenvalue weighted by atomic mass is 10.4. The van der Waals surface area contributed by atoms with Crippen molar-refractivity contribution in [1.82, 2.24) is 5.32 Å². The summed E-state index contributed by atoms with van der Waals surface area (Å²) < 4.78 is 21.2. The summed E-state index contributed by atoms with van der Waals surface area (Å²) in [5.74, 6) is 0. The van der Waals surface area contributed by atoms with Gasteiger partial charge in [-0.25, -0.2) is 0 Å². The number of hydrogen-bond donors (Lipinski definition) is 1. The monoisotopic (exact) mass is 277 g/mol. The molecule has 1 N–H and O–H groups in total. The highest BCUT2D eigenvalue weighted by Crippen LogP contribution is 1.85. The Hall–Kier alpha value is -0.200. The molecule has 0 saturated carbocycles. The van der Waals surface area contributed by atoms with Crippen LogP contribution in [0.25, 0.3) is 0 Å². The van der Waals surface area contributed by atoms with Crippen LogP contribution in [0.15, 0.2) is 0 Å². The van der Waals surface area contributed by atoms with Crippen LogP contribution in [0, 0.1) is 0 Å². The molecule has 0 unspecified atom stereocenters. The zero-order valence-electron chi connectivity index (χ0n) is 12.6. The molecule has 0 atom stereocenters. The number of nitrogens with one attached hydrogen (secondary N) is 1. The van der Waals surface area contributed by atoms with Gasteiger partial charge in [0.15, 0.2) is 0 Å². The Balaban J connectivity index is 2.88. The van der Waals surface area contributed by atoms with E-state index in [4.69, 9.17) is 18.9 Å². The third-order valence-electron chi connectivity index (χ3n) is 2.44. The summed E-state index contributed by atoms with van der Waals surface area (Å²) in [5, 5.41) is 3.37. The summed E-state index contributed by atoms with van der Waals surface area (Å²) in [5.41, 5.74) is 0. The molecule has 0 bridgehead atoms. The lowest BCUT2D eigenvalue weighted by molar-refractivity contribution is 0.0502. The summed E-state index contributed by atoms with van der Waals surface area (Å²) in [6, 6.07) is 0. The van der Waals surface area contributed by atoms with E-state index in [2.05, 4.69) is 5.32 Å². The van der Waals surface area contributed by atoms with Gasteiger partial charge in [-0.2, -0.15) is 0 Å². The van der Waals surface area contributed by atoms with Crippen LogP contribution in [0.1, 0.15) is 26.7 Å². The van der Waals surface area contributed by atoms with Gasteiger partial charge in [0.05, 0.1) is 26.4 Å². The van der Waals surface area contributed by atoms with Gasteiger partial charge >= 0.3 is 0 Å². The van der Waals surface area contributed by atoms with Gasteiger partial charge in [0.1, 0.15) is 0 Å². The van der Waals surface area contributed by atoms with E-state index in [-0.39, 0.29) is 0 Å². The minimum atomic E-state index is 0.696. The first kappa shape index (κ1) is 18.8. The van der Waals surface area contributed by atoms with E-state index < -0.39 is 0 Å². The van der Waals surface area contributed by atoms with Crippen molar-refractivity contribution in [2.24, 2.45) is 0 Å². The molecule has 0 aliphatic carbocycles. The molecule has 5 nitrogen and oxygen atoms in total. The molecule has 0 aliphatic rings. The van der Waals surface area contributed by atoms with Crippen molar-refractivity contribution < 1.29 is 18.9 Å². The van der Waals surface area contributed by atoms with E-state index in [0.29, 0.717) is 26.4 Å². The Morgan fingerprint density at radius 1 is 0.579 bits per heavy atom. The molecule has 0 fully saturated rings. The van der Waals surface area contributed by atoms with E-state index in [1.165, 1.54) is 0 Å². The molecule has 0 aromatic carbocycles. The molecule has 0 spiro atoms. The first-order chi connectivity index (χ1) is 9.41. The molecule has 0 heterocycles. The SMILES string of the molecule is CCOCCOCCCNCCCOCCOCC. The van der Waals surface area contributed by atoms with Crippen molar-refractivity contribution in [1.29, 1.82) is 0 Å². The Morgan fingerprint density at radius 2 is 1.00 bits per heavy atom. The van der Waals surface area contributed by atoms with E-state index in [1.807, 2.05) is 13.8 Å². The molecule has 0 aliphatic heterocycles. The molecule has 0 amide bonds. The van der Waals surface area contributed by atoms with Crippen LogP contribution in [-0.4, -0.2) is 65.9 Å². The normalized spacial score (nSPS) is 11.1. The second-order valence-electron chi connectivity index (χ2n) is 4.08. The van der Waals surface area contributed by atoms with Crippen molar-refractivity contribution >= 4 is 0 Å². The molecular weight excluding hydrogens is 246 g/mol. The lowest BCUT2D eigenvalue weighted by Gasteiger charge is -2.07. The molecule has 0 aromatic heterocycles. The molecule has 5 heteroatoms. The average molecular weight is 277 g/mol. The highest BCUT2D eigenvalue weighted by atomic mass is 16.5. The lowest BCUT2D eigenvalue weighted by Crippen LogP contribution is -2.20. The second-order valence-corrected chi connectivity index (χ2v) is 4.08. The third kappa shape index (κ3) is 17.8. The van der Waals surface area contributed by atoms with Gasteiger partial charge in [0.25, 0.3) is 0 Å². The summed E-state index contributed by atoms with van der Waals surface area (Å²) in [6.07, 6.45) is 2.08. The predicted molar refractivity (Wildman–Crippen MR) is 76.7 cm³/mol. The maximum atomic E-state index is 5.41. The van der Waals surface area contributed by atoms with Gasteiger partial charge in [-0.15, -0.1) is 0 Å². The molecule has 0 saturated heterocycles. The van der Waals surface area contributed by atoms with Crippen LogP contribution >= 0.6 is 0 Å². The molecular formula is C14H31NO4. The van der Waals surface area contributed by atoms with Crippen LogP contribution in [0.4, 0.5) is 0 Å². The standard InChI is InChI=1S/C14H31NO4/c1-3-16-11-13-18-9-5-7-15-8-6-10-19-14-12-17-4-2/h15H,3-14H2,1-2H3. The van der Waals surface area contributed by atoms with E-state index >= 15 is 0 Å². The zero-order valence-corrected chi connectivity index (χ0v) is 12.6.